The van der Waals surface area contributed by atoms with Crippen molar-refractivity contribution in [1.82, 2.24) is 15.3 Å². The molecule has 0 saturated carbocycles. The second kappa shape index (κ2) is 6.29. The first-order valence-corrected chi connectivity index (χ1v) is 6.56. The molecular weight excluding hydrogens is 236 g/mol. The molecule has 0 spiro atoms. The van der Waals surface area contributed by atoms with Crippen molar-refractivity contribution >= 4 is 5.82 Å². The zero-order valence-electron chi connectivity index (χ0n) is 11.4. The van der Waals surface area contributed by atoms with Gasteiger partial charge in [-0.3, -0.25) is 4.98 Å². The van der Waals surface area contributed by atoms with Gasteiger partial charge in [-0.2, -0.15) is 0 Å². The maximum absolute atomic E-state index is 5.72. The van der Waals surface area contributed by atoms with Crippen molar-refractivity contribution in [3.63, 3.8) is 0 Å². The molecule has 2 heterocycles. The number of hydrogen-bond acceptors (Lipinski definition) is 4. The van der Waals surface area contributed by atoms with E-state index in [1.165, 1.54) is 5.56 Å². The number of nitrogen functional groups attached to an aromatic ring is 1. The Morgan fingerprint density at radius 2 is 2.16 bits per heavy atom. The molecule has 1 unspecified atom stereocenters. The van der Waals surface area contributed by atoms with Crippen LogP contribution in [0.1, 0.15) is 29.9 Å². The Hall–Kier alpha value is -1.94. The Labute approximate surface area is 114 Å². The van der Waals surface area contributed by atoms with E-state index >= 15 is 0 Å². The molecule has 0 saturated heterocycles. The van der Waals surface area contributed by atoms with Crippen molar-refractivity contribution in [3.8, 4) is 0 Å². The molecule has 0 aromatic carbocycles. The number of pyridine rings is 2. The van der Waals surface area contributed by atoms with Gasteiger partial charge in [0.1, 0.15) is 5.82 Å². The Morgan fingerprint density at radius 3 is 2.84 bits per heavy atom. The standard InChI is InChI=1S/C15H20N4/c1-3-17-14(13-6-4-5-11(2)19-13)9-12-7-8-18-15(16)10-12/h4-8,10,14,17H,3,9H2,1-2H3,(H2,16,18). The van der Waals surface area contributed by atoms with E-state index in [2.05, 4.69) is 28.3 Å². The minimum Gasteiger partial charge on any atom is -0.384 e. The van der Waals surface area contributed by atoms with Gasteiger partial charge in [0.25, 0.3) is 0 Å². The van der Waals surface area contributed by atoms with Crippen molar-refractivity contribution in [2.75, 3.05) is 12.3 Å². The number of likely N-dealkylation sites (N-methyl/N-ethyl adjacent to an activating group) is 1. The fourth-order valence-electron chi connectivity index (χ4n) is 2.14. The summed E-state index contributed by atoms with van der Waals surface area (Å²) in [5.74, 6) is 0.560. The van der Waals surface area contributed by atoms with Gasteiger partial charge in [0.15, 0.2) is 0 Å². The maximum atomic E-state index is 5.72. The van der Waals surface area contributed by atoms with Crippen LogP contribution in [0.4, 0.5) is 5.82 Å². The first kappa shape index (κ1) is 13.5. The van der Waals surface area contributed by atoms with E-state index in [1.54, 1.807) is 6.20 Å². The fraction of sp³-hybridized carbons (Fsp3) is 0.333. The monoisotopic (exact) mass is 256 g/mol. The molecule has 0 bridgehead atoms. The molecule has 4 heteroatoms. The third kappa shape index (κ3) is 3.76. The second-order valence-corrected chi connectivity index (χ2v) is 4.61. The summed E-state index contributed by atoms with van der Waals surface area (Å²) in [6.45, 7) is 5.02. The van der Waals surface area contributed by atoms with Crippen molar-refractivity contribution in [2.45, 2.75) is 26.3 Å². The fourth-order valence-corrected chi connectivity index (χ4v) is 2.14. The van der Waals surface area contributed by atoms with E-state index < -0.39 is 0 Å². The molecule has 3 N–H and O–H groups in total. The van der Waals surface area contributed by atoms with Gasteiger partial charge < -0.3 is 11.1 Å². The van der Waals surface area contributed by atoms with Gasteiger partial charge in [-0.15, -0.1) is 0 Å². The molecule has 2 rings (SSSR count). The third-order valence-corrected chi connectivity index (χ3v) is 3.00. The predicted molar refractivity (Wildman–Crippen MR) is 77.7 cm³/mol. The Kier molecular flexibility index (Phi) is 4.47. The number of nitrogens with one attached hydrogen (secondary N) is 1. The topological polar surface area (TPSA) is 63.8 Å². The lowest BCUT2D eigenvalue weighted by Crippen LogP contribution is -2.24. The highest BCUT2D eigenvalue weighted by atomic mass is 14.9. The van der Waals surface area contributed by atoms with Gasteiger partial charge >= 0.3 is 0 Å². The summed E-state index contributed by atoms with van der Waals surface area (Å²) < 4.78 is 0. The number of nitrogens with zero attached hydrogens (tertiary/aromatic N) is 2. The summed E-state index contributed by atoms with van der Waals surface area (Å²) in [5.41, 5.74) is 9.00. The van der Waals surface area contributed by atoms with Crippen LogP contribution in [0.25, 0.3) is 0 Å². The molecule has 0 aliphatic rings. The van der Waals surface area contributed by atoms with E-state index in [-0.39, 0.29) is 6.04 Å². The quantitative estimate of drug-likeness (QED) is 0.861. The third-order valence-electron chi connectivity index (χ3n) is 3.00. The van der Waals surface area contributed by atoms with Crippen LogP contribution in [0.5, 0.6) is 0 Å². The zero-order chi connectivity index (χ0) is 13.7. The molecule has 2 aromatic heterocycles. The molecule has 0 aliphatic heterocycles. The minimum absolute atomic E-state index is 0.201. The van der Waals surface area contributed by atoms with Crippen LogP contribution in [-0.2, 0) is 6.42 Å². The van der Waals surface area contributed by atoms with Crippen LogP contribution in [0.2, 0.25) is 0 Å². The van der Waals surface area contributed by atoms with Gasteiger partial charge in [-0.25, -0.2) is 4.98 Å². The van der Waals surface area contributed by atoms with Crippen LogP contribution in [0, 0.1) is 6.92 Å². The number of aromatic nitrogens is 2. The lowest BCUT2D eigenvalue weighted by atomic mass is 10.0. The second-order valence-electron chi connectivity index (χ2n) is 4.61. The summed E-state index contributed by atoms with van der Waals surface area (Å²) in [5, 5.41) is 3.47. The maximum Gasteiger partial charge on any atom is 0.123 e. The highest BCUT2D eigenvalue weighted by Crippen LogP contribution is 2.17. The van der Waals surface area contributed by atoms with Crippen LogP contribution in [0.15, 0.2) is 36.5 Å². The number of rotatable bonds is 5. The van der Waals surface area contributed by atoms with Crippen LogP contribution < -0.4 is 11.1 Å². The molecule has 1 atom stereocenters. The predicted octanol–water partition coefficient (Wildman–Crippen LogP) is 2.26. The summed E-state index contributed by atoms with van der Waals surface area (Å²) >= 11 is 0. The molecule has 0 aliphatic carbocycles. The Bertz CT molecular complexity index is 539. The number of aryl methyl sites for hydroxylation is 1. The molecule has 0 radical (unpaired) electrons. The minimum atomic E-state index is 0.201. The SMILES string of the molecule is CCNC(Cc1ccnc(N)c1)c1cccc(C)n1. The Morgan fingerprint density at radius 1 is 1.32 bits per heavy atom. The van der Waals surface area contributed by atoms with E-state index in [1.807, 2.05) is 31.2 Å². The number of nitrogens with two attached hydrogens (primary N) is 1. The van der Waals surface area contributed by atoms with Gasteiger partial charge in [-0.05, 0) is 49.7 Å². The average molecular weight is 256 g/mol. The summed E-state index contributed by atoms with van der Waals surface area (Å²) in [7, 11) is 0. The summed E-state index contributed by atoms with van der Waals surface area (Å²) in [6, 6.07) is 10.2. The van der Waals surface area contributed by atoms with Gasteiger partial charge in [0, 0.05) is 11.9 Å². The lowest BCUT2D eigenvalue weighted by Gasteiger charge is -2.18. The molecule has 0 fully saturated rings. The lowest BCUT2D eigenvalue weighted by molar-refractivity contribution is 0.535. The van der Waals surface area contributed by atoms with Crippen molar-refractivity contribution in [3.05, 3.63) is 53.5 Å². The summed E-state index contributed by atoms with van der Waals surface area (Å²) in [6.07, 6.45) is 2.61. The Balaban J connectivity index is 2.21. The van der Waals surface area contributed by atoms with Crippen LogP contribution in [-0.4, -0.2) is 16.5 Å². The van der Waals surface area contributed by atoms with E-state index in [4.69, 9.17) is 5.73 Å². The molecular formula is C15H20N4. The number of hydrogen-bond donors (Lipinski definition) is 2. The van der Waals surface area contributed by atoms with Gasteiger partial charge in [-0.1, -0.05) is 13.0 Å². The normalized spacial score (nSPS) is 12.3. The molecule has 2 aromatic rings. The number of anilines is 1. The molecule has 19 heavy (non-hydrogen) atoms. The van der Waals surface area contributed by atoms with E-state index in [0.29, 0.717) is 5.82 Å². The van der Waals surface area contributed by atoms with Crippen molar-refractivity contribution < 1.29 is 0 Å². The highest BCUT2D eigenvalue weighted by molar-refractivity contribution is 5.32. The van der Waals surface area contributed by atoms with Crippen LogP contribution in [0.3, 0.4) is 0 Å². The first-order valence-electron chi connectivity index (χ1n) is 6.56. The van der Waals surface area contributed by atoms with Crippen LogP contribution >= 0.6 is 0 Å². The van der Waals surface area contributed by atoms with E-state index in [9.17, 15) is 0 Å². The highest BCUT2D eigenvalue weighted by Gasteiger charge is 2.12. The van der Waals surface area contributed by atoms with Crippen molar-refractivity contribution in [1.29, 1.82) is 0 Å². The molecule has 4 nitrogen and oxygen atoms in total. The van der Waals surface area contributed by atoms with Gasteiger partial charge in [0.05, 0.1) is 11.7 Å². The zero-order valence-corrected chi connectivity index (χ0v) is 11.4. The first-order chi connectivity index (χ1) is 9.19. The molecule has 0 amide bonds. The van der Waals surface area contributed by atoms with Gasteiger partial charge in [0.2, 0.25) is 0 Å². The smallest absolute Gasteiger partial charge is 0.123 e. The molecule has 100 valence electrons. The average Bonchev–Trinajstić information content (AvgIpc) is 2.38. The largest absolute Gasteiger partial charge is 0.384 e. The summed E-state index contributed by atoms with van der Waals surface area (Å²) in [4.78, 5) is 8.62. The van der Waals surface area contributed by atoms with E-state index in [0.717, 1.165) is 24.4 Å². The van der Waals surface area contributed by atoms with Crippen molar-refractivity contribution in [2.24, 2.45) is 0 Å².